The highest BCUT2D eigenvalue weighted by molar-refractivity contribution is 7.89. The van der Waals surface area contributed by atoms with Crippen molar-refractivity contribution in [2.24, 2.45) is 7.05 Å². The van der Waals surface area contributed by atoms with Gasteiger partial charge in [-0.1, -0.05) is 13.3 Å². The number of aromatic amines is 1. The van der Waals surface area contributed by atoms with Crippen LogP contribution in [-0.2, 0) is 23.5 Å². The maximum Gasteiger partial charge on any atom is 0.277 e. The maximum atomic E-state index is 13.7. The van der Waals surface area contributed by atoms with Crippen LogP contribution in [0.5, 0.6) is 5.75 Å². The Morgan fingerprint density at radius 1 is 1.19 bits per heavy atom. The summed E-state index contributed by atoms with van der Waals surface area (Å²) in [4.78, 5) is 22.7. The lowest BCUT2D eigenvalue weighted by Gasteiger charge is -2.23. The average molecular weight is 533 g/mol. The third kappa shape index (κ3) is 5.71. The molecule has 0 bridgehead atoms. The van der Waals surface area contributed by atoms with E-state index in [9.17, 15) is 18.3 Å². The van der Waals surface area contributed by atoms with Gasteiger partial charge in [0, 0.05) is 33.2 Å². The molecule has 202 valence electrons. The van der Waals surface area contributed by atoms with E-state index in [1.165, 1.54) is 21.1 Å². The van der Waals surface area contributed by atoms with Crippen LogP contribution in [0.25, 0.3) is 22.4 Å². The summed E-state index contributed by atoms with van der Waals surface area (Å²) in [6.45, 7) is 8.46. The minimum absolute atomic E-state index is 0.109. The Morgan fingerprint density at radius 2 is 1.97 bits per heavy atom. The Bertz CT molecular complexity index is 1410. The van der Waals surface area contributed by atoms with Gasteiger partial charge in [-0.15, -0.1) is 0 Å². The quantitative estimate of drug-likeness (QED) is 0.426. The number of fused-ring (bicyclic) bond motifs is 1. The molecule has 1 fully saturated rings. The van der Waals surface area contributed by atoms with Gasteiger partial charge in [-0.05, 0) is 51.4 Å². The van der Waals surface area contributed by atoms with Crippen LogP contribution in [0.3, 0.4) is 0 Å². The van der Waals surface area contributed by atoms with Crippen LogP contribution >= 0.6 is 0 Å². The van der Waals surface area contributed by atoms with Crippen LogP contribution < -0.4 is 10.3 Å². The summed E-state index contributed by atoms with van der Waals surface area (Å²) in [6.07, 6.45) is 1.71. The normalized spacial score (nSPS) is 16.7. The fraction of sp³-hybridized carbons (Fsp3) is 0.560. The Kier molecular flexibility index (Phi) is 8.32. The second-order valence-electron chi connectivity index (χ2n) is 9.43. The standard InChI is InChI=1S/C25H36N6O5S/c1-5-8-20-22-23(29(4)28-20)25(33)27-24(26-22)19-15-18(9-10-21(19)36-6-2)37(34,35)31-12-7-11-30(13-14-31)16-17(3)32/h9-10,15,17,32H,5-8,11-14,16H2,1-4H3,(H,26,27,33). The van der Waals surface area contributed by atoms with E-state index in [2.05, 4.69) is 15.0 Å². The van der Waals surface area contributed by atoms with Gasteiger partial charge in [0.15, 0.2) is 5.52 Å². The molecule has 0 aliphatic carbocycles. The van der Waals surface area contributed by atoms with Crippen molar-refractivity contribution in [1.82, 2.24) is 29.0 Å². The number of benzene rings is 1. The van der Waals surface area contributed by atoms with Gasteiger partial charge in [0.1, 0.15) is 17.1 Å². The summed E-state index contributed by atoms with van der Waals surface area (Å²) in [5.41, 5.74) is 1.66. The number of β-amino-alcohol motifs (C(OH)–C–C–N with tert-alkyl or cyclic N) is 1. The van der Waals surface area contributed by atoms with Gasteiger partial charge < -0.3 is 14.8 Å². The minimum atomic E-state index is -3.81. The molecule has 3 aromatic rings. The van der Waals surface area contributed by atoms with Crippen LogP contribution in [0, 0.1) is 0 Å². The van der Waals surface area contributed by atoms with E-state index in [0.717, 1.165) is 18.7 Å². The fourth-order valence-corrected chi connectivity index (χ4v) is 6.30. The van der Waals surface area contributed by atoms with Crippen molar-refractivity contribution in [3.8, 4) is 17.1 Å². The maximum absolute atomic E-state index is 13.7. The summed E-state index contributed by atoms with van der Waals surface area (Å²) in [6, 6.07) is 4.67. The first-order valence-electron chi connectivity index (χ1n) is 12.8. The van der Waals surface area contributed by atoms with Gasteiger partial charge in [0.2, 0.25) is 10.0 Å². The van der Waals surface area contributed by atoms with Crippen molar-refractivity contribution in [3.05, 3.63) is 34.2 Å². The average Bonchev–Trinajstić information content (AvgIpc) is 3.00. The van der Waals surface area contributed by atoms with E-state index in [1.54, 1.807) is 20.0 Å². The Hall–Kier alpha value is -2.80. The predicted octanol–water partition coefficient (Wildman–Crippen LogP) is 1.75. The number of ether oxygens (including phenoxy) is 1. The first-order valence-corrected chi connectivity index (χ1v) is 14.2. The van der Waals surface area contributed by atoms with E-state index in [4.69, 9.17) is 9.72 Å². The summed E-state index contributed by atoms with van der Waals surface area (Å²) in [7, 11) is -2.10. The lowest BCUT2D eigenvalue weighted by atomic mass is 10.1. The zero-order valence-electron chi connectivity index (χ0n) is 21.9. The van der Waals surface area contributed by atoms with E-state index in [0.29, 0.717) is 68.0 Å². The lowest BCUT2D eigenvalue weighted by molar-refractivity contribution is 0.130. The summed E-state index contributed by atoms with van der Waals surface area (Å²) in [5.74, 6) is 0.672. The third-order valence-corrected chi connectivity index (χ3v) is 8.36. The van der Waals surface area contributed by atoms with E-state index in [1.807, 2.05) is 13.8 Å². The SMILES string of the molecule is CCCc1nn(C)c2c(=O)[nH]c(-c3cc(S(=O)(=O)N4CCCN(CC(C)O)CC4)ccc3OCC)nc12. The minimum Gasteiger partial charge on any atom is -0.493 e. The number of sulfonamides is 1. The molecule has 12 heteroatoms. The molecule has 2 aromatic heterocycles. The largest absolute Gasteiger partial charge is 0.493 e. The monoisotopic (exact) mass is 532 g/mol. The number of aliphatic hydroxyl groups excluding tert-OH is 1. The molecule has 1 aliphatic heterocycles. The van der Waals surface area contributed by atoms with Crippen molar-refractivity contribution in [3.63, 3.8) is 0 Å². The number of rotatable bonds is 9. The molecule has 1 atom stereocenters. The highest BCUT2D eigenvalue weighted by Crippen LogP contribution is 2.32. The van der Waals surface area contributed by atoms with Gasteiger partial charge >= 0.3 is 0 Å². The molecular weight excluding hydrogens is 496 g/mol. The molecule has 1 aromatic carbocycles. The number of H-pyrrole nitrogens is 1. The molecular formula is C25H36N6O5S. The second-order valence-corrected chi connectivity index (χ2v) is 11.4. The van der Waals surface area contributed by atoms with Gasteiger partial charge in [-0.2, -0.15) is 9.40 Å². The smallest absolute Gasteiger partial charge is 0.277 e. The molecule has 2 N–H and O–H groups in total. The highest BCUT2D eigenvalue weighted by Gasteiger charge is 2.29. The topological polar surface area (TPSA) is 134 Å². The van der Waals surface area contributed by atoms with Crippen LogP contribution in [0.1, 0.15) is 39.3 Å². The molecule has 0 amide bonds. The van der Waals surface area contributed by atoms with Crippen molar-refractivity contribution < 1.29 is 18.3 Å². The number of hydrogen-bond acceptors (Lipinski definition) is 8. The first kappa shape index (κ1) is 27.2. The van der Waals surface area contributed by atoms with Gasteiger partial charge in [-0.3, -0.25) is 14.4 Å². The summed E-state index contributed by atoms with van der Waals surface area (Å²) >= 11 is 0. The van der Waals surface area contributed by atoms with Gasteiger partial charge in [0.25, 0.3) is 5.56 Å². The number of aliphatic hydroxyl groups is 1. The van der Waals surface area contributed by atoms with E-state index < -0.39 is 16.1 Å². The summed E-state index contributed by atoms with van der Waals surface area (Å²) in [5, 5.41) is 14.2. The predicted molar refractivity (Wildman–Crippen MR) is 141 cm³/mol. The van der Waals surface area contributed by atoms with Crippen LogP contribution in [0.4, 0.5) is 0 Å². The fourth-order valence-electron chi connectivity index (χ4n) is 4.81. The van der Waals surface area contributed by atoms with Gasteiger partial charge in [0.05, 0.1) is 28.9 Å². The molecule has 1 saturated heterocycles. The Morgan fingerprint density at radius 3 is 2.68 bits per heavy atom. The highest BCUT2D eigenvalue weighted by atomic mass is 32.2. The second kappa shape index (κ2) is 11.3. The van der Waals surface area contributed by atoms with Gasteiger partial charge in [-0.25, -0.2) is 13.4 Å². The molecule has 1 aliphatic rings. The van der Waals surface area contributed by atoms with Crippen LogP contribution in [0.15, 0.2) is 27.9 Å². The first-order chi connectivity index (χ1) is 17.6. The molecule has 4 rings (SSSR count). The summed E-state index contributed by atoms with van der Waals surface area (Å²) < 4.78 is 36.1. The molecule has 0 radical (unpaired) electrons. The molecule has 37 heavy (non-hydrogen) atoms. The van der Waals surface area contributed by atoms with Crippen molar-refractivity contribution in [2.45, 2.75) is 51.0 Å². The van der Waals surface area contributed by atoms with Crippen LogP contribution in [-0.4, -0.2) is 87.9 Å². The molecule has 3 heterocycles. The van der Waals surface area contributed by atoms with E-state index >= 15 is 0 Å². The van der Waals surface area contributed by atoms with Crippen molar-refractivity contribution in [2.75, 3.05) is 39.3 Å². The number of nitrogens with one attached hydrogen (secondary N) is 1. The molecule has 1 unspecified atom stereocenters. The zero-order valence-corrected chi connectivity index (χ0v) is 22.7. The Labute approximate surface area is 217 Å². The van der Waals surface area contributed by atoms with Crippen LogP contribution in [0.2, 0.25) is 0 Å². The Balaban J connectivity index is 1.75. The third-order valence-electron chi connectivity index (χ3n) is 6.46. The molecule has 11 nitrogen and oxygen atoms in total. The lowest BCUT2D eigenvalue weighted by Crippen LogP contribution is -2.37. The number of aromatic nitrogens is 4. The number of hydrogen-bond donors (Lipinski definition) is 2. The molecule has 0 saturated carbocycles. The van der Waals surface area contributed by atoms with Crippen molar-refractivity contribution >= 4 is 21.1 Å². The number of aryl methyl sites for hydroxylation is 2. The molecule has 0 spiro atoms. The zero-order chi connectivity index (χ0) is 26.7. The van der Waals surface area contributed by atoms with E-state index in [-0.39, 0.29) is 16.3 Å². The number of nitrogens with zero attached hydrogens (tertiary/aromatic N) is 5. The van der Waals surface area contributed by atoms with Crippen molar-refractivity contribution in [1.29, 1.82) is 0 Å².